The lowest BCUT2D eigenvalue weighted by Gasteiger charge is -2.13. The fourth-order valence-corrected chi connectivity index (χ4v) is 1.27. The Morgan fingerprint density at radius 3 is 2.39 bits per heavy atom. The molecule has 0 aromatic heterocycles. The molecule has 2 N–H and O–H groups in total. The average molecular weight is 258 g/mol. The zero-order valence-corrected chi connectivity index (χ0v) is 9.93. The summed E-state index contributed by atoms with van der Waals surface area (Å²) in [4.78, 5) is 11.4. The molecule has 0 saturated heterocycles. The summed E-state index contributed by atoms with van der Waals surface area (Å²) in [7, 11) is 0. The molecule has 0 aliphatic carbocycles. The first kappa shape index (κ1) is 14.3. The van der Waals surface area contributed by atoms with Crippen LogP contribution in [0.15, 0.2) is 18.2 Å². The van der Waals surface area contributed by atoms with Gasteiger partial charge in [-0.25, -0.2) is 4.79 Å². The summed E-state index contributed by atoms with van der Waals surface area (Å²) in [5, 5.41) is 4.91. The van der Waals surface area contributed by atoms with E-state index in [-0.39, 0.29) is 17.3 Å². The van der Waals surface area contributed by atoms with Gasteiger partial charge in [-0.3, -0.25) is 0 Å². The van der Waals surface area contributed by atoms with Crippen LogP contribution < -0.4 is 10.6 Å². The van der Waals surface area contributed by atoms with E-state index in [0.29, 0.717) is 0 Å². The minimum Gasteiger partial charge on any atom is -0.336 e. The van der Waals surface area contributed by atoms with Crippen molar-refractivity contribution in [1.82, 2.24) is 5.32 Å². The van der Waals surface area contributed by atoms with Gasteiger partial charge in [-0.15, -0.1) is 0 Å². The molecule has 0 bridgehead atoms. The van der Waals surface area contributed by atoms with E-state index >= 15 is 0 Å². The maximum absolute atomic E-state index is 12.4. The molecule has 98 valence electrons. The van der Waals surface area contributed by atoms with Gasteiger partial charge >= 0.3 is 12.2 Å². The zero-order chi connectivity index (χ0) is 13.9. The highest BCUT2D eigenvalue weighted by atomic mass is 19.4. The quantitative estimate of drug-likeness (QED) is 0.839. The first-order chi connectivity index (χ1) is 8.20. The molecule has 0 fully saturated rings. The van der Waals surface area contributed by atoms with Crippen molar-refractivity contribution < 1.29 is 18.0 Å². The number of hydrogen-bond donors (Lipinski definition) is 2. The third-order valence-electron chi connectivity index (χ3n) is 2.05. The van der Waals surface area contributed by atoms with E-state index in [1.165, 1.54) is 0 Å². The van der Waals surface area contributed by atoms with E-state index in [4.69, 9.17) is 6.92 Å². The number of amides is 2. The SMILES string of the molecule is [CH]c1cc(C(F)(F)F)ccc1NC(=O)NC(C)C. The largest absolute Gasteiger partial charge is 0.416 e. The number of benzene rings is 1. The van der Waals surface area contributed by atoms with Gasteiger partial charge in [0.1, 0.15) is 0 Å². The summed E-state index contributed by atoms with van der Waals surface area (Å²) in [5.74, 6) is 0. The van der Waals surface area contributed by atoms with E-state index in [0.717, 1.165) is 18.2 Å². The Morgan fingerprint density at radius 2 is 1.94 bits per heavy atom. The number of nitrogens with one attached hydrogen (secondary N) is 2. The standard InChI is InChI=1S/C12H13F3N2O/c1-7(2)16-11(18)17-10-5-4-9(6-8(10)3)12(13,14)15/h3-7H,1-2H3,(H2,16,17,18). The predicted molar refractivity (Wildman–Crippen MR) is 62.1 cm³/mol. The molecule has 0 atom stereocenters. The van der Waals surface area contributed by atoms with Crippen molar-refractivity contribution in [3.05, 3.63) is 36.2 Å². The summed E-state index contributed by atoms with van der Waals surface area (Å²) in [6, 6.07) is 2.17. The van der Waals surface area contributed by atoms with Gasteiger partial charge in [-0.1, -0.05) is 0 Å². The van der Waals surface area contributed by atoms with Gasteiger partial charge in [-0.05, 0) is 37.6 Å². The van der Waals surface area contributed by atoms with Gasteiger partial charge in [0.05, 0.1) is 5.56 Å². The van der Waals surface area contributed by atoms with Crippen LogP contribution >= 0.6 is 0 Å². The third kappa shape index (κ3) is 3.94. The number of alkyl halides is 3. The summed E-state index contributed by atoms with van der Waals surface area (Å²) in [6.45, 7) is 8.97. The van der Waals surface area contributed by atoms with E-state index in [9.17, 15) is 18.0 Å². The minimum atomic E-state index is -4.45. The highest BCUT2D eigenvalue weighted by Crippen LogP contribution is 2.31. The van der Waals surface area contributed by atoms with Crippen molar-refractivity contribution in [2.75, 3.05) is 5.32 Å². The molecular formula is C12H13F3N2O. The number of hydrogen-bond acceptors (Lipinski definition) is 1. The fraction of sp³-hybridized carbons (Fsp3) is 0.333. The van der Waals surface area contributed by atoms with Gasteiger partial charge in [0.15, 0.2) is 0 Å². The molecule has 0 heterocycles. The van der Waals surface area contributed by atoms with Crippen LogP contribution in [0, 0.1) is 6.92 Å². The average Bonchev–Trinajstić information content (AvgIpc) is 2.18. The lowest BCUT2D eigenvalue weighted by atomic mass is 10.1. The zero-order valence-electron chi connectivity index (χ0n) is 9.93. The van der Waals surface area contributed by atoms with Crippen LogP contribution in [0.25, 0.3) is 0 Å². The number of urea groups is 1. The Bertz CT molecular complexity index is 441. The number of halogens is 3. The van der Waals surface area contributed by atoms with E-state index in [1.807, 2.05) is 0 Å². The molecule has 0 unspecified atom stereocenters. The highest BCUT2D eigenvalue weighted by molar-refractivity contribution is 5.90. The van der Waals surface area contributed by atoms with Gasteiger partial charge in [0, 0.05) is 18.7 Å². The second-order valence-electron chi connectivity index (χ2n) is 4.05. The lowest BCUT2D eigenvalue weighted by molar-refractivity contribution is -0.137. The normalized spacial score (nSPS) is 11.5. The lowest BCUT2D eigenvalue weighted by Crippen LogP contribution is -2.34. The smallest absolute Gasteiger partial charge is 0.336 e. The van der Waals surface area contributed by atoms with Crippen LogP contribution in [0.1, 0.15) is 25.0 Å². The minimum absolute atomic E-state index is 0.0827. The predicted octanol–water partition coefficient (Wildman–Crippen LogP) is 3.29. The van der Waals surface area contributed by atoms with Crippen LogP contribution in [0.4, 0.5) is 23.7 Å². The second-order valence-corrected chi connectivity index (χ2v) is 4.05. The summed E-state index contributed by atoms with van der Waals surface area (Å²) < 4.78 is 37.1. The Balaban J connectivity index is 2.84. The van der Waals surface area contributed by atoms with Crippen molar-refractivity contribution in [3.8, 4) is 0 Å². The van der Waals surface area contributed by atoms with Crippen LogP contribution in [0.2, 0.25) is 0 Å². The molecule has 1 rings (SSSR count). The van der Waals surface area contributed by atoms with Crippen LogP contribution in [-0.2, 0) is 6.18 Å². The summed E-state index contributed by atoms with van der Waals surface area (Å²) in [6.07, 6.45) is -4.45. The Hall–Kier alpha value is -1.72. The fourth-order valence-electron chi connectivity index (χ4n) is 1.27. The van der Waals surface area contributed by atoms with Crippen molar-refractivity contribution in [2.45, 2.75) is 26.1 Å². The molecule has 3 nitrogen and oxygen atoms in total. The van der Waals surface area contributed by atoms with Gasteiger partial charge in [0.2, 0.25) is 0 Å². The summed E-state index contributed by atoms with van der Waals surface area (Å²) >= 11 is 0. The second kappa shape index (κ2) is 5.29. The molecule has 2 radical (unpaired) electrons. The number of anilines is 1. The first-order valence-corrected chi connectivity index (χ1v) is 5.24. The first-order valence-electron chi connectivity index (χ1n) is 5.24. The molecule has 0 spiro atoms. The third-order valence-corrected chi connectivity index (χ3v) is 2.05. The number of rotatable bonds is 2. The topological polar surface area (TPSA) is 41.1 Å². The van der Waals surface area contributed by atoms with E-state index in [2.05, 4.69) is 10.6 Å². The molecule has 0 aliphatic rings. The Labute approximate surface area is 103 Å². The molecule has 6 heteroatoms. The monoisotopic (exact) mass is 258 g/mol. The van der Waals surface area contributed by atoms with Crippen LogP contribution in [0.3, 0.4) is 0 Å². The molecule has 2 amide bonds. The van der Waals surface area contributed by atoms with Crippen molar-refractivity contribution in [2.24, 2.45) is 0 Å². The van der Waals surface area contributed by atoms with Gasteiger partial charge in [-0.2, -0.15) is 13.2 Å². The highest BCUT2D eigenvalue weighted by Gasteiger charge is 2.30. The van der Waals surface area contributed by atoms with Crippen LogP contribution in [0.5, 0.6) is 0 Å². The van der Waals surface area contributed by atoms with Gasteiger partial charge < -0.3 is 10.6 Å². The van der Waals surface area contributed by atoms with E-state index in [1.54, 1.807) is 13.8 Å². The molecule has 0 saturated carbocycles. The number of carbonyl (C=O) groups excluding carboxylic acids is 1. The van der Waals surface area contributed by atoms with E-state index < -0.39 is 17.8 Å². The van der Waals surface area contributed by atoms with Crippen LogP contribution in [-0.4, -0.2) is 12.1 Å². The Kier molecular flexibility index (Phi) is 4.21. The molecule has 18 heavy (non-hydrogen) atoms. The van der Waals surface area contributed by atoms with Crippen molar-refractivity contribution in [3.63, 3.8) is 0 Å². The van der Waals surface area contributed by atoms with Crippen molar-refractivity contribution >= 4 is 11.7 Å². The molecule has 0 aliphatic heterocycles. The molecule has 1 aromatic carbocycles. The number of carbonyl (C=O) groups is 1. The molecular weight excluding hydrogens is 245 g/mol. The van der Waals surface area contributed by atoms with Gasteiger partial charge in [0.25, 0.3) is 0 Å². The molecule has 1 aromatic rings. The maximum atomic E-state index is 12.4. The summed E-state index contributed by atoms with van der Waals surface area (Å²) in [5.41, 5.74) is -0.848. The Morgan fingerprint density at radius 1 is 1.33 bits per heavy atom. The maximum Gasteiger partial charge on any atom is 0.416 e. The van der Waals surface area contributed by atoms with Crippen molar-refractivity contribution in [1.29, 1.82) is 0 Å².